The van der Waals surface area contributed by atoms with Crippen LogP contribution in [0.2, 0.25) is 0 Å². The van der Waals surface area contributed by atoms with Crippen molar-refractivity contribution in [3.05, 3.63) is 83.0 Å². The van der Waals surface area contributed by atoms with E-state index in [0.717, 1.165) is 17.5 Å². The van der Waals surface area contributed by atoms with Crippen molar-refractivity contribution in [1.29, 1.82) is 0 Å². The van der Waals surface area contributed by atoms with Crippen molar-refractivity contribution in [2.24, 2.45) is 5.73 Å². The number of pyridine rings is 2. The summed E-state index contributed by atoms with van der Waals surface area (Å²) in [6.45, 7) is 0.427. The quantitative estimate of drug-likeness (QED) is 0.540. The van der Waals surface area contributed by atoms with Crippen molar-refractivity contribution in [2.45, 2.75) is 24.8 Å². The van der Waals surface area contributed by atoms with Gasteiger partial charge in [-0.15, -0.1) is 0 Å². The first-order valence-corrected chi connectivity index (χ1v) is 11.5. The van der Waals surface area contributed by atoms with E-state index in [1.165, 1.54) is 10.6 Å². The first-order valence-electron chi connectivity index (χ1n) is 9.56. The zero-order chi connectivity index (χ0) is 22.4. The third-order valence-electron chi connectivity index (χ3n) is 4.76. The Morgan fingerprint density at radius 3 is 2.45 bits per heavy atom. The molecule has 0 radical (unpaired) electrons. The molecule has 0 aliphatic rings. The second kappa shape index (κ2) is 9.57. The molecular weight excluding hydrogens is 418 g/mol. The monoisotopic (exact) mass is 441 g/mol. The first kappa shape index (κ1) is 22.2. The zero-order valence-electron chi connectivity index (χ0n) is 17.0. The molecule has 0 aliphatic heterocycles. The summed E-state index contributed by atoms with van der Waals surface area (Å²) in [5.74, 6) is -0.237. The Labute approximate surface area is 180 Å². The molecule has 162 valence electrons. The Balaban J connectivity index is 1.66. The Hall–Kier alpha value is -3.46. The van der Waals surface area contributed by atoms with Gasteiger partial charge in [0.1, 0.15) is 17.6 Å². The number of rotatable bonds is 9. The fraction of sp³-hybridized carbons (Fsp3) is 0.227. The molecule has 0 bridgehead atoms. The van der Waals surface area contributed by atoms with Crippen LogP contribution >= 0.6 is 0 Å². The number of nitrogens with two attached hydrogens (primary N) is 1. The van der Waals surface area contributed by atoms with E-state index in [4.69, 9.17) is 10.5 Å². The topological polar surface area (TPSA) is 121 Å². The maximum absolute atomic E-state index is 12.4. The van der Waals surface area contributed by atoms with E-state index < -0.39 is 21.0 Å². The number of hydrogen-bond donors (Lipinski definition) is 1. The van der Waals surface area contributed by atoms with Crippen molar-refractivity contribution >= 4 is 15.7 Å². The number of carbonyl (C=O) groups excluding carboxylic acids is 1. The maximum Gasteiger partial charge on any atom is 0.251 e. The van der Waals surface area contributed by atoms with Crippen molar-refractivity contribution in [2.75, 3.05) is 6.26 Å². The van der Waals surface area contributed by atoms with E-state index in [1.54, 1.807) is 18.5 Å². The lowest BCUT2D eigenvalue weighted by Crippen LogP contribution is -2.36. The summed E-state index contributed by atoms with van der Waals surface area (Å²) in [4.78, 5) is 28.0. The molecule has 3 rings (SSSR count). The predicted molar refractivity (Wildman–Crippen MR) is 117 cm³/mol. The molecule has 0 fully saturated rings. The van der Waals surface area contributed by atoms with Crippen molar-refractivity contribution in [1.82, 2.24) is 9.55 Å². The first-order chi connectivity index (χ1) is 14.7. The second-order valence-electron chi connectivity index (χ2n) is 7.09. The van der Waals surface area contributed by atoms with E-state index in [1.807, 2.05) is 42.5 Å². The molecule has 1 unspecified atom stereocenters. The molecular formula is C22H23N3O5S. The molecule has 0 saturated carbocycles. The van der Waals surface area contributed by atoms with Crippen LogP contribution < -0.4 is 16.0 Å². The van der Waals surface area contributed by atoms with E-state index in [2.05, 4.69) is 4.98 Å². The van der Waals surface area contributed by atoms with E-state index >= 15 is 0 Å². The van der Waals surface area contributed by atoms with Crippen molar-refractivity contribution in [3.8, 4) is 16.9 Å². The summed E-state index contributed by atoms with van der Waals surface area (Å²) in [6.07, 6.45) is 4.18. The minimum atomic E-state index is -3.63. The molecule has 2 N–H and O–H groups in total. The smallest absolute Gasteiger partial charge is 0.251 e. The number of primary amides is 1. The molecule has 31 heavy (non-hydrogen) atoms. The number of sulfone groups is 1. The van der Waals surface area contributed by atoms with Crippen LogP contribution in [0.1, 0.15) is 12.1 Å². The Bertz CT molecular complexity index is 1210. The van der Waals surface area contributed by atoms with Crippen LogP contribution in [-0.2, 0) is 27.8 Å². The molecule has 8 nitrogen and oxygen atoms in total. The molecule has 1 amide bonds. The maximum atomic E-state index is 12.4. The highest BCUT2D eigenvalue weighted by molar-refractivity contribution is 7.92. The van der Waals surface area contributed by atoms with Crippen molar-refractivity contribution < 1.29 is 17.9 Å². The van der Waals surface area contributed by atoms with Crippen LogP contribution in [0.25, 0.3) is 11.1 Å². The molecule has 1 aromatic carbocycles. The third kappa shape index (κ3) is 6.02. The second-order valence-corrected chi connectivity index (χ2v) is 9.32. The highest BCUT2D eigenvalue weighted by Gasteiger charge is 2.26. The number of hydrogen-bond acceptors (Lipinski definition) is 6. The SMILES string of the molecule is CS(=O)(=O)C(CCn1ccc(-c2ccc(OCc3ccccn3)cc2)cc1=O)C(N)=O. The Morgan fingerprint density at radius 2 is 1.87 bits per heavy atom. The van der Waals surface area contributed by atoms with Gasteiger partial charge in [0.05, 0.1) is 5.69 Å². The summed E-state index contributed by atoms with van der Waals surface area (Å²) in [6, 6.07) is 16.2. The summed E-state index contributed by atoms with van der Waals surface area (Å²) < 4.78 is 30.4. The average Bonchev–Trinajstić information content (AvgIpc) is 2.73. The fourth-order valence-corrected chi connectivity index (χ4v) is 4.04. The predicted octanol–water partition coefficient (Wildman–Crippen LogP) is 1.78. The number of ether oxygens (including phenoxy) is 1. The van der Waals surface area contributed by atoms with Gasteiger partial charge in [0, 0.05) is 31.3 Å². The minimum absolute atomic E-state index is 0.0598. The van der Waals surface area contributed by atoms with Crippen LogP contribution in [0.4, 0.5) is 0 Å². The van der Waals surface area contributed by atoms with E-state index in [9.17, 15) is 18.0 Å². The largest absolute Gasteiger partial charge is 0.487 e. The molecule has 9 heteroatoms. The standard InChI is InChI=1S/C22H23N3O5S/c1-31(28,29)20(22(23)27)10-13-25-12-9-17(14-21(25)26)16-5-7-19(8-6-16)30-15-18-4-2-3-11-24-18/h2-9,11-12,14,20H,10,13,15H2,1H3,(H2,23,27). The number of aryl methyl sites for hydroxylation is 1. The average molecular weight is 442 g/mol. The number of nitrogens with zero attached hydrogens (tertiary/aromatic N) is 2. The van der Waals surface area contributed by atoms with Gasteiger partial charge in [-0.1, -0.05) is 18.2 Å². The highest BCUT2D eigenvalue weighted by Crippen LogP contribution is 2.22. The van der Waals surface area contributed by atoms with Crippen LogP contribution in [0, 0.1) is 0 Å². The van der Waals surface area contributed by atoms with E-state index in [-0.39, 0.29) is 18.5 Å². The molecule has 2 aromatic heterocycles. The highest BCUT2D eigenvalue weighted by atomic mass is 32.2. The van der Waals surface area contributed by atoms with E-state index in [0.29, 0.717) is 17.9 Å². The summed E-state index contributed by atoms with van der Waals surface area (Å²) in [7, 11) is -3.63. The normalized spacial score (nSPS) is 12.3. The van der Waals surface area contributed by atoms with Gasteiger partial charge < -0.3 is 15.0 Å². The molecule has 0 saturated heterocycles. The Morgan fingerprint density at radius 1 is 1.13 bits per heavy atom. The van der Waals surface area contributed by atoms with Gasteiger partial charge in [-0.25, -0.2) is 8.42 Å². The number of benzene rings is 1. The van der Waals surface area contributed by atoms with Crippen LogP contribution in [0.5, 0.6) is 5.75 Å². The van der Waals surface area contributed by atoms with Gasteiger partial charge in [-0.05, 0) is 47.9 Å². The summed E-state index contributed by atoms with van der Waals surface area (Å²) >= 11 is 0. The zero-order valence-corrected chi connectivity index (χ0v) is 17.8. The van der Waals surface area contributed by atoms with Crippen molar-refractivity contribution in [3.63, 3.8) is 0 Å². The lowest BCUT2D eigenvalue weighted by Gasteiger charge is -2.13. The summed E-state index contributed by atoms with van der Waals surface area (Å²) in [5.41, 5.74) is 7.24. The molecule has 2 heterocycles. The van der Waals surface area contributed by atoms with Gasteiger partial charge in [0.25, 0.3) is 5.56 Å². The van der Waals surface area contributed by atoms with Gasteiger partial charge in [0.15, 0.2) is 9.84 Å². The fourth-order valence-electron chi connectivity index (χ4n) is 3.08. The number of aromatic nitrogens is 2. The van der Waals surface area contributed by atoms with Gasteiger partial charge in [-0.2, -0.15) is 0 Å². The summed E-state index contributed by atoms with van der Waals surface area (Å²) in [5, 5.41) is -1.32. The van der Waals surface area contributed by atoms with Crippen LogP contribution in [0.15, 0.2) is 71.8 Å². The molecule has 0 spiro atoms. The third-order valence-corrected chi connectivity index (χ3v) is 6.26. The van der Waals surface area contributed by atoms with Crippen LogP contribution in [-0.4, -0.2) is 35.4 Å². The number of carbonyl (C=O) groups is 1. The minimum Gasteiger partial charge on any atom is -0.487 e. The van der Waals surface area contributed by atoms with Gasteiger partial charge in [-0.3, -0.25) is 14.6 Å². The van der Waals surface area contributed by atoms with Gasteiger partial charge >= 0.3 is 0 Å². The Kier molecular flexibility index (Phi) is 6.86. The van der Waals surface area contributed by atoms with Crippen LogP contribution in [0.3, 0.4) is 0 Å². The number of amides is 1. The molecule has 0 aliphatic carbocycles. The van der Waals surface area contributed by atoms with Gasteiger partial charge in [0.2, 0.25) is 5.91 Å². The lowest BCUT2D eigenvalue weighted by molar-refractivity contribution is -0.117. The lowest BCUT2D eigenvalue weighted by atomic mass is 10.1. The molecule has 1 atom stereocenters. The molecule has 3 aromatic rings.